The number of aliphatic hydroxyl groups excluding tert-OH is 1. The Morgan fingerprint density at radius 2 is 1.86 bits per heavy atom. The molecule has 2 aromatic heterocycles. The van der Waals surface area contributed by atoms with E-state index in [-0.39, 0.29) is 17.3 Å². The van der Waals surface area contributed by atoms with Crippen LogP contribution in [0.4, 0.5) is 4.39 Å². The van der Waals surface area contributed by atoms with Crippen molar-refractivity contribution in [1.82, 2.24) is 20.4 Å². The highest BCUT2D eigenvalue weighted by Gasteiger charge is 2.22. The fourth-order valence-electron chi connectivity index (χ4n) is 2.70. The van der Waals surface area contributed by atoms with Crippen LogP contribution in [0.1, 0.15) is 22.3 Å². The number of pyridine rings is 1. The van der Waals surface area contributed by atoms with Crippen molar-refractivity contribution in [3.63, 3.8) is 0 Å². The lowest BCUT2D eigenvalue weighted by atomic mass is 10.2. The molecule has 28 heavy (non-hydrogen) atoms. The van der Waals surface area contributed by atoms with Gasteiger partial charge in [-0.1, -0.05) is 29.4 Å². The summed E-state index contributed by atoms with van der Waals surface area (Å²) >= 11 is 0. The average molecular weight is 378 g/mol. The Morgan fingerprint density at radius 1 is 1.07 bits per heavy atom. The predicted octanol–water partition coefficient (Wildman–Crippen LogP) is 2.89. The zero-order valence-corrected chi connectivity index (χ0v) is 14.5. The molecule has 0 aliphatic rings. The molecule has 4 aromatic rings. The number of carbonyl (C=O) groups is 1. The highest BCUT2D eigenvalue weighted by molar-refractivity contribution is 5.94. The van der Waals surface area contributed by atoms with Crippen LogP contribution in [0.3, 0.4) is 0 Å². The first-order valence-electron chi connectivity index (χ1n) is 8.51. The third-order valence-electron chi connectivity index (χ3n) is 4.16. The van der Waals surface area contributed by atoms with Gasteiger partial charge >= 0.3 is 0 Å². The van der Waals surface area contributed by atoms with Gasteiger partial charge in [-0.2, -0.15) is 4.98 Å². The number of amides is 1. The highest BCUT2D eigenvalue weighted by Crippen LogP contribution is 2.20. The lowest BCUT2D eigenvalue weighted by Gasteiger charge is -2.12. The second kappa shape index (κ2) is 7.53. The summed E-state index contributed by atoms with van der Waals surface area (Å²) in [4.78, 5) is 21.0. The van der Waals surface area contributed by atoms with Gasteiger partial charge in [-0.05, 0) is 36.4 Å². The molecule has 0 spiro atoms. The maximum Gasteiger partial charge on any atom is 0.251 e. The lowest BCUT2D eigenvalue weighted by Crippen LogP contribution is -2.31. The van der Waals surface area contributed by atoms with Crippen molar-refractivity contribution in [2.24, 2.45) is 0 Å². The normalized spacial score (nSPS) is 12.1. The molecule has 0 saturated heterocycles. The number of hydrogen-bond donors (Lipinski definition) is 2. The number of nitrogens with one attached hydrogen (secondary N) is 1. The van der Waals surface area contributed by atoms with Gasteiger partial charge in [0.15, 0.2) is 0 Å². The van der Waals surface area contributed by atoms with E-state index in [9.17, 15) is 14.3 Å². The van der Waals surface area contributed by atoms with E-state index in [2.05, 4.69) is 20.4 Å². The van der Waals surface area contributed by atoms with Crippen LogP contribution in [-0.4, -0.2) is 32.7 Å². The quantitative estimate of drug-likeness (QED) is 0.554. The number of rotatable bonds is 5. The molecule has 2 aromatic carbocycles. The summed E-state index contributed by atoms with van der Waals surface area (Å²) in [5.41, 5.74) is 1.54. The number of carbonyl (C=O) groups excluding carboxylic acids is 1. The summed E-state index contributed by atoms with van der Waals surface area (Å²) in [6.07, 6.45) is 0. The molecular formula is C20H15FN4O3. The van der Waals surface area contributed by atoms with E-state index in [1.807, 2.05) is 30.3 Å². The van der Waals surface area contributed by atoms with Crippen LogP contribution in [0.15, 0.2) is 65.2 Å². The van der Waals surface area contributed by atoms with Gasteiger partial charge in [0, 0.05) is 10.9 Å². The number of nitrogens with zero attached hydrogens (tertiary/aromatic N) is 3. The topological polar surface area (TPSA) is 101 Å². The van der Waals surface area contributed by atoms with Gasteiger partial charge in [-0.25, -0.2) is 9.37 Å². The molecule has 0 fully saturated rings. The molecule has 0 radical (unpaired) electrons. The Labute approximate surface area is 158 Å². The third-order valence-corrected chi connectivity index (χ3v) is 4.16. The van der Waals surface area contributed by atoms with Crippen molar-refractivity contribution in [2.45, 2.75) is 6.04 Å². The molecule has 0 aliphatic carbocycles. The summed E-state index contributed by atoms with van der Waals surface area (Å²) in [6, 6.07) is 15.4. The zero-order valence-electron chi connectivity index (χ0n) is 14.5. The minimum atomic E-state index is -0.903. The van der Waals surface area contributed by atoms with Crippen LogP contribution in [0.2, 0.25) is 0 Å². The Bertz CT molecular complexity index is 1130. The van der Waals surface area contributed by atoms with E-state index in [0.29, 0.717) is 5.69 Å². The van der Waals surface area contributed by atoms with Gasteiger partial charge in [0.1, 0.15) is 17.6 Å². The first-order chi connectivity index (χ1) is 13.6. The Morgan fingerprint density at radius 3 is 2.64 bits per heavy atom. The summed E-state index contributed by atoms with van der Waals surface area (Å²) in [7, 11) is 0. The van der Waals surface area contributed by atoms with Crippen molar-refractivity contribution < 1.29 is 18.8 Å². The summed E-state index contributed by atoms with van der Waals surface area (Å²) < 4.78 is 18.2. The molecule has 140 valence electrons. The van der Waals surface area contributed by atoms with Crippen LogP contribution in [0, 0.1) is 5.82 Å². The molecular weight excluding hydrogens is 363 g/mol. The molecule has 0 aliphatic heterocycles. The summed E-state index contributed by atoms with van der Waals surface area (Å²) in [5.74, 6) is -0.652. The van der Waals surface area contributed by atoms with Crippen LogP contribution in [0.25, 0.3) is 22.4 Å². The van der Waals surface area contributed by atoms with Crippen LogP contribution in [0.5, 0.6) is 0 Å². The minimum absolute atomic E-state index is 0.0444. The number of aromatic nitrogens is 3. The van der Waals surface area contributed by atoms with Crippen molar-refractivity contribution in [2.75, 3.05) is 6.61 Å². The van der Waals surface area contributed by atoms with Crippen LogP contribution < -0.4 is 5.32 Å². The SMILES string of the molecule is O=C(NC(CO)c1nc(-c2ccc3ccccc3n2)no1)c1ccc(F)cc1. The van der Waals surface area contributed by atoms with E-state index in [1.165, 1.54) is 24.3 Å². The van der Waals surface area contributed by atoms with Crippen LogP contribution in [-0.2, 0) is 0 Å². The monoisotopic (exact) mass is 378 g/mol. The van der Waals surface area contributed by atoms with E-state index in [1.54, 1.807) is 6.07 Å². The molecule has 4 rings (SSSR count). The maximum absolute atomic E-state index is 13.0. The number of fused-ring (bicyclic) bond motifs is 1. The number of para-hydroxylation sites is 1. The first-order valence-corrected chi connectivity index (χ1v) is 8.51. The summed E-state index contributed by atoms with van der Waals surface area (Å²) in [5, 5.41) is 17.1. The average Bonchev–Trinajstić information content (AvgIpc) is 3.22. The molecule has 7 nitrogen and oxygen atoms in total. The van der Waals surface area contributed by atoms with Gasteiger partial charge in [-0.15, -0.1) is 0 Å². The van der Waals surface area contributed by atoms with Gasteiger partial charge in [0.25, 0.3) is 11.8 Å². The van der Waals surface area contributed by atoms with Gasteiger partial charge in [-0.3, -0.25) is 4.79 Å². The molecule has 1 atom stereocenters. The van der Waals surface area contributed by atoms with Gasteiger partial charge in [0.05, 0.1) is 12.1 Å². The summed E-state index contributed by atoms with van der Waals surface area (Å²) in [6.45, 7) is -0.445. The Balaban J connectivity index is 1.55. The predicted molar refractivity (Wildman–Crippen MR) is 98.7 cm³/mol. The van der Waals surface area contributed by atoms with E-state index < -0.39 is 24.4 Å². The van der Waals surface area contributed by atoms with Crippen molar-refractivity contribution in [1.29, 1.82) is 0 Å². The Hall–Kier alpha value is -3.65. The largest absolute Gasteiger partial charge is 0.394 e. The lowest BCUT2D eigenvalue weighted by molar-refractivity contribution is 0.0901. The van der Waals surface area contributed by atoms with Gasteiger partial charge < -0.3 is 14.9 Å². The number of benzene rings is 2. The van der Waals surface area contributed by atoms with Crippen molar-refractivity contribution in [3.05, 3.63) is 77.9 Å². The van der Waals surface area contributed by atoms with E-state index >= 15 is 0 Å². The molecule has 0 bridgehead atoms. The molecule has 1 unspecified atom stereocenters. The minimum Gasteiger partial charge on any atom is -0.394 e. The van der Waals surface area contributed by atoms with E-state index in [4.69, 9.17) is 4.52 Å². The molecule has 0 saturated carbocycles. The first kappa shape index (κ1) is 17.7. The highest BCUT2D eigenvalue weighted by atomic mass is 19.1. The fraction of sp³-hybridized carbons (Fsp3) is 0.100. The smallest absolute Gasteiger partial charge is 0.251 e. The molecule has 1 amide bonds. The Kier molecular flexibility index (Phi) is 4.77. The van der Waals surface area contributed by atoms with Crippen LogP contribution >= 0.6 is 0 Å². The zero-order chi connectivity index (χ0) is 19.5. The standard InChI is InChI=1S/C20H15FN4O3/c21-14-8-5-13(6-9-14)19(27)23-17(11-26)20-24-18(25-28-20)16-10-7-12-3-1-2-4-15(12)22-16/h1-10,17,26H,11H2,(H,23,27). The number of aliphatic hydroxyl groups is 1. The van der Waals surface area contributed by atoms with E-state index in [0.717, 1.165) is 10.9 Å². The van der Waals surface area contributed by atoms with Gasteiger partial charge in [0.2, 0.25) is 5.82 Å². The van der Waals surface area contributed by atoms with Crippen molar-refractivity contribution in [3.8, 4) is 11.5 Å². The molecule has 2 N–H and O–H groups in total. The third kappa shape index (κ3) is 3.58. The second-order valence-corrected chi connectivity index (χ2v) is 6.06. The number of halogens is 1. The maximum atomic E-state index is 13.0. The second-order valence-electron chi connectivity index (χ2n) is 6.06. The molecule has 8 heteroatoms. The fourth-order valence-corrected chi connectivity index (χ4v) is 2.70. The van der Waals surface area contributed by atoms with Crippen molar-refractivity contribution >= 4 is 16.8 Å². The molecule has 2 heterocycles. The number of hydrogen-bond acceptors (Lipinski definition) is 6.